The average Bonchev–Trinajstić information content (AvgIpc) is 3.24. The molecule has 0 saturated carbocycles. The summed E-state index contributed by atoms with van der Waals surface area (Å²) in [7, 11) is 0. The van der Waals surface area contributed by atoms with Crippen LogP contribution in [0.25, 0.3) is 11.1 Å². The van der Waals surface area contributed by atoms with Gasteiger partial charge in [0.25, 0.3) is 0 Å². The zero-order chi connectivity index (χ0) is 20.5. The summed E-state index contributed by atoms with van der Waals surface area (Å²) in [6.45, 7) is 9.71. The summed E-state index contributed by atoms with van der Waals surface area (Å²) >= 11 is 0. The minimum absolute atomic E-state index is 0.576. The number of benzene rings is 2. The molecule has 0 amide bonds. The maximum Gasteiger partial charge on any atom is 0.191 e. The third-order valence-electron chi connectivity index (χ3n) is 4.64. The van der Waals surface area contributed by atoms with Gasteiger partial charge in [-0.25, -0.2) is 9.98 Å². The molecule has 0 atom stereocenters. The van der Waals surface area contributed by atoms with Gasteiger partial charge in [-0.05, 0) is 35.1 Å². The quantitative estimate of drug-likeness (QED) is 0.446. The van der Waals surface area contributed by atoms with Crippen LogP contribution in [0.3, 0.4) is 0 Å². The van der Waals surface area contributed by atoms with E-state index in [0.29, 0.717) is 12.5 Å². The molecule has 152 valence electrons. The topological polar surface area (TPSA) is 54.2 Å². The van der Waals surface area contributed by atoms with Crippen LogP contribution < -0.4 is 10.6 Å². The molecule has 0 bridgehead atoms. The first kappa shape index (κ1) is 20.6. The van der Waals surface area contributed by atoms with E-state index in [0.717, 1.165) is 25.6 Å². The molecule has 2 N–H and O–H groups in total. The van der Waals surface area contributed by atoms with E-state index in [2.05, 4.69) is 89.5 Å². The van der Waals surface area contributed by atoms with Gasteiger partial charge >= 0.3 is 0 Å². The van der Waals surface area contributed by atoms with Crippen LogP contribution in [-0.4, -0.2) is 28.6 Å². The zero-order valence-electron chi connectivity index (χ0n) is 17.6. The first-order chi connectivity index (χ1) is 14.2. The van der Waals surface area contributed by atoms with Gasteiger partial charge in [0.2, 0.25) is 0 Å². The van der Waals surface area contributed by atoms with Gasteiger partial charge in [0.05, 0.1) is 12.9 Å². The molecule has 3 aromatic rings. The highest BCUT2D eigenvalue weighted by Gasteiger charge is 2.06. The van der Waals surface area contributed by atoms with Crippen molar-refractivity contribution in [1.29, 1.82) is 0 Å². The Morgan fingerprint density at radius 2 is 1.86 bits per heavy atom. The molecule has 0 spiro atoms. The Labute approximate surface area is 173 Å². The monoisotopic (exact) mass is 389 g/mol. The van der Waals surface area contributed by atoms with Gasteiger partial charge in [-0.15, -0.1) is 0 Å². The summed E-state index contributed by atoms with van der Waals surface area (Å²) in [6.07, 6.45) is 5.63. The van der Waals surface area contributed by atoms with Crippen molar-refractivity contribution in [2.75, 3.05) is 13.1 Å². The lowest BCUT2D eigenvalue weighted by molar-refractivity contribution is 0.615. The Hall–Kier alpha value is -3.08. The van der Waals surface area contributed by atoms with E-state index in [4.69, 9.17) is 4.99 Å². The minimum Gasteiger partial charge on any atom is -0.357 e. The van der Waals surface area contributed by atoms with Gasteiger partial charge in [-0.1, -0.05) is 62.4 Å². The minimum atomic E-state index is 0.576. The van der Waals surface area contributed by atoms with Crippen LogP contribution in [0.1, 0.15) is 31.9 Å². The second kappa shape index (κ2) is 10.5. The Kier molecular flexibility index (Phi) is 7.45. The van der Waals surface area contributed by atoms with Crippen molar-refractivity contribution in [2.45, 2.75) is 33.9 Å². The number of hydrogen-bond acceptors (Lipinski definition) is 2. The summed E-state index contributed by atoms with van der Waals surface area (Å²) in [4.78, 5) is 8.90. The predicted octanol–water partition coefficient (Wildman–Crippen LogP) is 4.31. The zero-order valence-corrected chi connectivity index (χ0v) is 17.6. The van der Waals surface area contributed by atoms with E-state index in [1.165, 1.54) is 22.3 Å². The lowest BCUT2D eigenvalue weighted by atomic mass is 9.98. The van der Waals surface area contributed by atoms with Gasteiger partial charge in [-0.3, -0.25) is 0 Å². The second-order valence-electron chi connectivity index (χ2n) is 7.56. The number of nitrogens with zero attached hydrogens (tertiary/aromatic N) is 3. The molecule has 0 unspecified atom stereocenters. The summed E-state index contributed by atoms with van der Waals surface area (Å²) in [6, 6.07) is 17.2. The first-order valence-corrected chi connectivity index (χ1v) is 10.3. The SMILES string of the molecule is CCNC(=NCc1ccccc1-c1ccc(Cn2ccnc2)cc1)NCC(C)C. The van der Waals surface area contributed by atoms with E-state index < -0.39 is 0 Å². The highest BCUT2D eigenvalue weighted by atomic mass is 15.2. The molecule has 1 aromatic heterocycles. The maximum atomic E-state index is 4.79. The van der Waals surface area contributed by atoms with Crippen molar-refractivity contribution in [1.82, 2.24) is 20.2 Å². The molecule has 0 aliphatic rings. The molecule has 2 aromatic carbocycles. The van der Waals surface area contributed by atoms with Crippen LogP contribution in [0.15, 0.2) is 72.2 Å². The molecule has 3 rings (SSSR count). The fourth-order valence-electron chi connectivity index (χ4n) is 3.13. The summed E-state index contributed by atoms with van der Waals surface area (Å²) in [5.41, 5.74) is 4.92. The fourth-order valence-corrected chi connectivity index (χ4v) is 3.13. The maximum absolute atomic E-state index is 4.79. The summed E-state index contributed by atoms with van der Waals surface area (Å²) < 4.78 is 2.07. The highest BCUT2D eigenvalue weighted by Crippen LogP contribution is 2.25. The lowest BCUT2D eigenvalue weighted by Gasteiger charge is -2.14. The third-order valence-corrected chi connectivity index (χ3v) is 4.64. The molecular weight excluding hydrogens is 358 g/mol. The van der Waals surface area contributed by atoms with E-state index >= 15 is 0 Å². The molecule has 1 heterocycles. The number of aromatic nitrogens is 2. The molecule has 0 aliphatic heterocycles. The normalized spacial score (nSPS) is 11.7. The van der Waals surface area contributed by atoms with Crippen LogP contribution in [0.2, 0.25) is 0 Å². The third kappa shape index (κ3) is 6.21. The molecule has 5 nitrogen and oxygen atoms in total. The summed E-state index contributed by atoms with van der Waals surface area (Å²) in [5, 5.41) is 6.74. The molecule has 29 heavy (non-hydrogen) atoms. The van der Waals surface area contributed by atoms with Gasteiger partial charge < -0.3 is 15.2 Å². The Morgan fingerprint density at radius 1 is 1.07 bits per heavy atom. The van der Waals surface area contributed by atoms with Crippen molar-refractivity contribution in [3.63, 3.8) is 0 Å². The number of rotatable bonds is 8. The molecule has 0 fully saturated rings. The van der Waals surface area contributed by atoms with E-state index in [1.54, 1.807) is 0 Å². The first-order valence-electron chi connectivity index (χ1n) is 10.3. The number of aliphatic imine (C=N–C) groups is 1. The fraction of sp³-hybridized carbons (Fsp3) is 0.333. The number of imidazole rings is 1. The average molecular weight is 390 g/mol. The van der Waals surface area contributed by atoms with Gasteiger partial charge in [0, 0.05) is 32.0 Å². The molecule has 0 saturated heterocycles. The summed E-state index contributed by atoms with van der Waals surface area (Å²) in [5.74, 6) is 1.44. The van der Waals surface area contributed by atoms with Crippen molar-refractivity contribution >= 4 is 5.96 Å². The van der Waals surface area contributed by atoms with Crippen LogP contribution in [-0.2, 0) is 13.1 Å². The van der Waals surface area contributed by atoms with Crippen molar-refractivity contribution in [3.05, 3.63) is 78.4 Å². The lowest BCUT2D eigenvalue weighted by Crippen LogP contribution is -2.39. The van der Waals surface area contributed by atoms with Crippen LogP contribution in [0, 0.1) is 5.92 Å². The van der Waals surface area contributed by atoms with Crippen molar-refractivity contribution in [2.24, 2.45) is 10.9 Å². The van der Waals surface area contributed by atoms with Crippen molar-refractivity contribution in [3.8, 4) is 11.1 Å². The molecule has 5 heteroatoms. The number of hydrogen-bond donors (Lipinski definition) is 2. The Bertz CT molecular complexity index is 895. The number of nitrogens with one attached hydrogen (secondary N) is 2. The number of guanidine groups is 1. The van der Waals surface area contributed by atoms with Gasteiger partial charge in [-0.2, -0.15) is 0 Å². The molecule has 0 aliphatic carbocycles. The predicted molar refractivity (Wildman–Crippen MR) is 121 cm³/mol. The molecule has 0 radical (unpaired) electrons. The van der Waals surface area contributed by atoms with Crippen molar-refractivity contribution < 1.29 is 0 Å². The van der Waals surface area contributed by atoms with Crippen LogP contribution in [0.4, 0.5) is 0 Å². The van der Waals surface area contributed by atoms with Gasteiger partial charge in [0.1, 0.15) is 0 Å². The van der Waals surface area contributed by atoms with E-state index in [1.807, 2.05) is 18.7 Å². The van der Waals surface area contributed by atoms with E-state index in [-0.39, 0.29) is 0 Å². The van der Waals surface area contributed by atoms with E-state index in [9.17, 15) is 0 Å². The second-order valence-corrected chi connectivity index (χ2v) is 7.56. The Morgan fingerprint density at radius 3 is 2.55 bits per heavy atom. The standard InChI is InChI=1S/C24H31N5/c1-4-26-24(27-15-19(2)3)28-16-22-7-5-6-8-23(22)21-11-9-20(10-12-21)17-29-14-13-25-18-29/h5-14,18-19H,4,15-17H2,1-3H3,(H2,26,27,28). The van der Waals surface area contributed by atoms with Crippen LogP contribution in [0.5, 0.6) is 0 Å². The molecular formula is C24H31N5. The van der Waals surface area contributed by atoms with Gasteiger partial charge in [0.15, 0.2) is 5.96 Å². The largest absolute Gasteiger partial charge is 0.357 e. The highest BCUT2D eigenvalue weighted by molar-refractivity contribution is 5.80. The van der Waals surface area contributed by atoms with Crippen LogP contribution >= 0.6 is 0 Å². The Balaban J connectivity index is 1.74. The smallest absolute Gasteiger partial charge is 0.191 e.